The van der Waals surface area contributed by atoms with Crippen LogP contribution in [0.15, 0.2) is 40.9 Å². The van der Waals surface area contributed by atoms with Crippen molar-refractivity contribution < 1.29 is 9.13 Å². The molecule has 0 atom stereocenters. The van der Waals surface area contributed by atoms with Crippen LogP contribution in [0.2, 0.25) is 5.02 Å². The molecular formula is C16H16BrClFNO. The van der Waals surface area contributed by atoms with Gasteiger partial charge in [-0.25, -0.2) is 4.39 Å². The maximum Gasteiger partial charge on any atom is 0.142 e. The van der Waals surface area contributed by atoms with Crippen molar-refractivity contribution >= 4 is 27.5 Å². The van der Waals surface area contributed by atoms with Crippen LogP contribution in [-0.4, -0.2) is 6.04 Å². The lowest BCUT2D eigenvalue weighted by Gasteiger charge is -2.12. The predicted octanol–water partition coefficient (Wildman–Crippen LogP) is 5.53. The van der Waals surface area contributed by atoms with Crippen molar-refractivity contribution in [3.8, 4) is 11.5 Å². The van der Waals surface area contributed by atoms with Crippen LogP contribution in [0.1, 0.15) is 19.4 Å². The van der Waals surface area contributed by atoms with E-state index in [1.54, 1.807) is 6.07 Å². The van der Waals surface area contributed by atoms with E-state index >= 15 is 0 Å². The predicted molar refractivity (Wildman–Crippen MR) is 87.6 cm³/mol. The van der Waals surface area contributed by atoms with Crippen molar-refractivity contribution in [1.82, 2.24) is 5.32 Å². The molecule has 0 heterocycles. The third-order valence-electron chi connectivity index (χ3n) is 2.85. The second kappa shape index (κ2) is 7.25. The van der Waals surface area contributed by atoms with Crippen molar-refractivity contribution in [3.05, 3.63) is 57.3 Å². The topological polar surface area (TPSA) is 21.3 Å². The summed E-state index contributed by atoms with van der Waals surface area (Å²) in [6, 6.07) is 10.5. The first-order chi connectivity index (χ1) is 9.95. The van der Waals surface area contributed by atoms with Crippen LogP contribution in [0.5, 0.6) is 11.5 Å². The van der Waals surface area contributed by atoms with E-state index in [1.165, 1.54) is 12.1 Å². The molecule has 0 fully saturated rings. The number of halogens is 3. The molecule has 0 bridgehead atoms. The third-order valence-corrected chi connectivity index (χ3v) is 3.88. The van der Waals surface area contributed by atoms with Gasteiger partial charge in [0.1, 0.15) is 17.3 Å². The van der Waals surface area contributed by atoms with Gasteiger partial charge in [0.15, 0.2) is 0 Å². The molecule has 2 rings (SSSR count). The molecule has 0 unspecified atom stereocenters. The first-order valence-corrected chi connectivity index (χ1v) is 7.77. The van der Waals surface area contributed by atoms with E-state index in [0.717, 1.165) is 16.6 Å². The SMILES string of the molecule is CC(C)NCc1ccc(Oc2ccc(F)c(Cl)c2)cc1Br. The van der Waals surface area contributed by atoms with E-state index < -0.39 is 5.82 Å². The molecule has 0 saturated carbocycles. The smallest absolute Gasteiger partial charge is 0.142 e. The Bertz CT molecular complexity index is 634. The lowest BCUT2D eigenvalue weighted by Crippen LogP contribution is -2.21. The summed E-state index contributed by atoms with van der Waals surface area (Å²) in [5.74, 6) is 0.708. The molecule has 0 amide bonds. The molecule has 21 heavy (non-hydrogen) atoms. The molecule has 2 nitrogen and oxygen atoms in total. The minimum Gasteiger partial charge on any atom is -0.457 e. The van der Waals surface area contributed by atoms with Gasteiger partial charge in [-0.15, -0.1) is 0 Å². The molecule has 1 N–H and O–H groups in total. The van der Waals surface area contributed by atoms with Gasteiger partial charge in [-0.2, -0.15) is 0 Å². The molecule has 112 valence electrons. The summed E-state index contributed by atoms with van der Waals surface area (Å²) in [7, 11) is 0. The standard InChI is InChI=1S/C16H16BrClFNO/c1-10(2)20-9-11-3-4-12(7-14(11)17)21-13-5-6-16(19)15(18)8-13/h3-8,10,20H,9H2,1-2H3. The van der Waals surface area contributed by atoms with Gasteiger partial charge in [0.2, 0.25) is 0 Å². The van der Waals surface area contributed by atoms with E-state index in [0.29, 0.717) is 17.5 Å². The highest BCUT2D eigenvalue weighted by molar-refractivity contribution is 9.10. The van der Waals surface area contributed by atoms with Crippen molar-refractivity contribution in [1.29, 1.82) is 0 Å². The minimum absolute atomic E-state index is 0.0457. The van der Waals surface area contributed by atoms with Crippen molar-refractivity contribution in [2.45, 2.75) is 26.4 Å². The zero-order chi connectivity index (χ0) is 15.4. The highest BCUT2D eigenvalue weighted by Gasteiger charge is 2.06. The van der Waals surface area contributed by atoms with Gasteiger partial charge in [-0.3, -0.25) is 0 Å². The van der Waals surface area contributed by atoms with Crippen LogP contribution < -0.4 is 10.1 Å². The van der Waals surface area contributed by atoms with Gasteiger partial charge in [-0.05, 0) is 29.8 Å². The quantitative estimate of drug-likeness (QED) is 0.745. The molecule has 0 aliphatic carbocycles. The monoisotopic (exact) mass is 371 g/mol. The Hall–Kier alpha value is -1.10. The minimum atomic E-state index is -0.458. The molecule has 0 aliphatic rings. The maximum atomic E-state index is 13.1. The van der Waals surface area contributed by atoms with E-state index in [9.17, 15) is 4.39 Å². The molecule has 2 aromatic rings. The summed E-state index contributed by atoms with van der Waals surface area (Å²) in [5.41, 5.74) is 1.15. The highest BCUT2D eigenvalue weighted by atomic mass is 79.9. The third kappa shape index (κ3) is 4.70. The largest absolute Gasteiger partial charge is 0.457 e. The number of benzene rings is 2. The number of ether oxygens (including phenoxy) is 1. The number of nitrogens with one attached hydrogen (secondary N) is 1. The number of hydrogen-bond donors (Lipinski definition) is 1. The normalized spacial score (nSPS) is 11.0. The van der Waals surface area contributed by atoms with Gasteiger partial charge in [0, 0.05) is 23.1 Å². The van der Waals surface area contributed by atoms with Gasteiger partial charge in [-0.1, -0.05) is 47.4 Å². The fraction of sp³-hybridized carbons (Fsp3) is 0.250. The van der Waals surface area contributed by atoms with E-state index in [2.05, 4.69) is 35.1 Å². The Morgan fingerprint density at radius 2 is 1.86 bits per heavy atom. The molecule has 0 spiro atoms. The van der Waals surface area contributed by atoms with Crippen LogP contribution in [0.25, 0.3) is 0 Å². The van der Waals surface area contributed by atoms with Gasteiger partial charge in [0.05, 0.1) is 5.02 Å². The fourth-order valence-electron chi connectivity index (χ4n) is 1.73. The summed E-state index contributed by atoms with van der Waals surface area (Å²) >= 11 is 9.27. The Kier molecular flexibility index (Phi) is 5.62. The lowest BCUT2D eigenvalue weighted by molar-refractivity contribution is 0.479. The molecule has 5 heteroatoms. The zero-order valence-electron chi connectivity index (χ0n) is 11.8. The van der Waals surface area contributed by atoms with Crippen LogP contribution in [0, 0.1) is 5.82 Å². The zero-order valence-corrected chi connectivity index (χ0v) is 14.1. The van der Waals surface area contributed by atoms with Gasteiger partial charge in [0.25, 0.3) is 0 Å². The molecule has 0 radical (unpaired) electrons. The van der Waals surface area contributed by atoms with E-state index in [1.807, 2.05) is 18.2 Å². The van der Waals surface area contributed by atoms with Crippen molar-refractivity contribution in [2.24, 2.45) is 0 Å². The van der Waals surface area contributed by atoms with Crippen LogP contribution >= 0.6 is 27.5 Å². The first kappa shape index (κ1) is 16.3. The second-order valence-electron chi connectivity index (χ2n) is 4.97. The van der Waals surface area contributed by atoms with Gasteiger partial charge >= 0.3 is 0 Å². The number of hydrogen-bond acceptors (Lipinski definition) is 2. The summed E-state index contributed by atoms with van der Waals surface area (Å²) < 4.78 is 19.7. The van der Waals surface area contributed by atoms with Crippen LogP contribution in [-0.2, 0) is 6.54 Å². The van der Waals surface area contributed by atoms with Crippen LogP contribution in [0.4, 0.5) is 4.39 Å². The van der Waals surface area contributed by atoms with Crippen molar-refractivity contribution in [2.75, 3.05) is 0 Å². The van der Waals surface area contributed by atoms with E-state index in [4.69, 9.17) is 16.3 Å². The molecule has 0 aliphatic heterocycles. The first-order valence-electron chi connectivity index (χ1n) is 6.60. The summed E-state index contributed by atoms with van der Waals surface area (Å²) in [6.07, 6.45) is 0. The molecular weight excluding hydrogens is 357 g/mol. The summed E-state index contributed by atoms with van der Waals surface area (Å²) in [5, 5.41) is 3.40. The Balaban J connectivity index is 2.10. The molecule has 2 aromatic carbocycles. The Labute approximate surface area is 137 Å². The second-order valence-corrected chi connectivity index (χ2v) is 6.23. The number of rotatable bonds is 5. The fourth-order valence-corrected chi connectivity index (χ4v) is 2.39. The Morgan fingerprint density at radius 1 is 1.19 bits per heavy atom. The molecule has 0 saturated heterocycles. The summed E-state index contributed by atoms with van der Waals surface area (Å²) in [4.78, 5) is 0. The lowest BCUT2D eigenvalue weighted by atomic mass is 10.2. The van der Waals surface area contributed by atoms with E-state index in [-0.39, 0.29) is 5.02 Å². The average molecular weight is 373 g/mol. The van der Waals surface area contributed by atoms with Crippen molar-refractivity contribution in [3.63, 3.8) is 0 Å². The van der Waals surface area contributed by atoms with Gasteiger partial charge < -0.3 is 10.1 Å². The summed E-state index contributed by atoms with van der Waals surface area (Å²) in [6.45, 7) is 4.98. The molecule has 0 aromatic heterocycles. The highest BCUT2D eigenvalue weighted by Crippen LogP contribution is 2.29. The Morgan fingerprint density at radius 3 is 2.48 bits per heavy atom. The van der Waals surface area contributed by atoms with Crippen LogP contribution in [0.3, 0.4) is 0 Å². The average Bonchev–Trinajstić information content (AvgIpc) is 2.42. The maximum absolute atomic E-state index is 13.1.